The van der Waals surface area contributed by atoms with Crippen molar-refractivity contribution in [2.24, 2.45) is 0 Å². The first-order chi connectivity index (χ1) is 31.1. The summed E-state index contributed by atoms with van der Waals surface area (Å²) in [5.41, 5.74) is 10.9. The van der Waals surface area contributed by atoms with Crippen LogP contribution in [0, 0.1) is 0 Å². The Morgan fingerprint density at radius 1 is 0.317 bits per heavy atom. The number of rotatable bonds is 6. The van der Waals surface area contributed by atoms with Gasteiger partial charge in [0.1, 0.15) is 11.0 Å². The van der Waals surface area contributed by atoms with Gasteiger partial charge in [0.05, 0.1) is 11.0 Å². The van der Waals surface area contributed by atoms with E-state index >= 15 is 0 Å². The second kappa shape index (κ2) is 13.9. The average molecular weight is 809 g/mol. The van der Waals surface area contributed by atoms with E-state index in [0.717, 1.165) is 99.1 Å². The standard InChI is InChI=1S/C55H32N6O2/c1-2-10-42(11-3-1)61-47-15-7-4-12-43(47)44-32-37(26-27-48(44)61)53-59-51(35-22-18-33-20-24-38(30-40(33)28-35)54-56-45-13-5-8-16-49(45)62-54)58-52(60-53)36-23-19-34-21-25-39(31-41(34)29-36)55-57-46-14-6-9-17-50(46)63-55/h1-32H. The Morgan fingerprint density at radius 2 is 0.762 bits per heavy atom. The third-order valence-electron chi connectivity index (χ3n) is 11.9. The summed E-state index contributed by atoms with van der Waals surface area (Å²) in [5.74, 6) is 2.86. The Bertz CT molecular complexity index is 3700. The summed E-state index contributed by atoms with van der Waals surface area (Å²) in [6.45, 7) is 0. The third kappa shape index (κ3) is 5.96. The minimum absolute atomic E-state index is 0.566. The maximum absolute atomic E-state index is 6.15. The van der Waals surface area contributed by atoms with Gasteiger partial charge in [-0.05, 0) is 119 Å². The maximum Gasteiger partial charge on any atom is 0.227 e. The Balaban J connectivity index is 0.976. The summed E-state index contributed by atoms with van der Waals surface area (Å²) in [6.07, 6.45) is 0. The van der Waals surface area contributed by atoms with Gasteiger partial charge in [0.15, 0.2) is 28.6 Å². The molecule has 0 spiro atoms. The molecule has 0 radical (unpaired) electrons. The van der Waals surface area contributed by atoms with Crippen LogP contribution in [0.25, 0.3) is 128 Å². The summed E-state index contributed by atoms with van der Waals surface area (Å²) >= 11 is 0. The zero-order valence-corrected chi connectivity index (χ0v) is 33.5. The zero-order chi connectivity index (χ0) is 41.4. The Labute approximate surface area is 359 Å². The lowest BCUT2D eigenvalue weighted by Gasteiger charge is -2.11. The second-order valence-corrected chi connectivity index (χ2v) is 15.8. The molecule has 8 heteroatoms. The van der Waals surface area contributed by atoms with E-state index in [1.807, 2.05) is 66.7 Å². The van der Waals surface area contributed by atoms with E-state index in [9.17, 15) is 0 Å². The molecule has 0 aliphatic carbocycles. The van der Waals surface area contributed by atoms with Crippen molar-refractivity contribution in [1.82, 2.24) is 29.5 Å². The van der Waals surface area contributed by atoms with E-state index in [1.54, 1.807) is 0 Å². The molecule has 13 aromatic rings. The summed E-state index contributed by atoms with van der Waals surface area (Å²) in [5, 5.41) is 6.47. The molecule has 0 saturated heterocycles. The fourth-order valence-corrected chi connectivity index (χ4v) is 8.76. The number of para-hydroxylation sites is 6. The molecule has 0 aliphatic heterocycles. The highest BCUT2D eigenvalue weighted by molar-refractivity contribution is 6.10. The molecule has 8 nitrogen and oxygen atoms in total. The molecule has 0 saturated carbocycles. The molecule has 0 N–H and O–H groups in total. The quantitative estimate of drug-likeness (QED) is 0.165. The van der Waals surface area contributed by atoms with Crippen molar-refractivity contribution < 1.29 is 8.83 Å². The molecule has 0 atom stereocenters. The predicted molar refractivity (Wildman–Crippen MR) is 251 cm³/mol. The SMILES string of the molecule is c1ccc(-n2c3ccccc3c3cc(-c4nc(-c5ccc6ccc(-c7nc8ccccc8o7)cc6c5)nc(-c5ccc6ccc(-c7nc8ccccc8o7)cc6c5)n4)ccc32)cc1. The summed E-state index contributed by atoms with van der Waals surface area (Å²) in [6, 6.07) is 66.3. The molecule has 0 unspecified atom stereocenters. The van der Waals surface area contributed by atoms with Gasteiger partial charge in [-0.15, -0.1) is 0 Å². The highest BCUT2D eigenvalue weighted by Gasteiger charge is 2.18. The molecule has 4 heterocycles. The van der Waals surface area contributed by atoms with Gasteiger partial charge >= 0.3 is 0 Å². The lowest BCUT2D eigenvalue weighted by molar-refractivity contribution is 0.619. The first kappa shape index (κ1) is 35.0. The highest BCUT2D eigenvalue weighted by atomic mass is 16.4. The van der Waals surface area contributed by atoms with Gasteiger partial charge < -0.3 is 13.4 Å². The van der Waals surface area contributed by atoms with Crippen LogP contribution in [0.5, 0.6) is 0 Å². The van der Waals surface area contributed by atoms with Crippen LogP contribution in [0.2, 0.25) is 0 Å². The maximum atomic E-state index is 6.15. The number of oxazole rings is 2. The Morgan fingerprint density at radius 3 is 1.33 bits per heavy atom. The molecule has 0 bridgehead atoms. The van der Waals surface area contributed by atoms with Crippen LogP contribution in [0.4, 0.5) is 0 Å². The van der Waals surface area contributed by atoms with E-state index in [4.69, 9.17) is 33.8 Å². The van der Waals surface area contributed by atoms with Crippen molar-refractivity contribution in [3.63, 3.8) is 0 Å². The molecule has 0 fully saturated rings. The number of fused-ring (bicyclic) bond motifs is 7. The molecule has 13 rings (SSSR count). The topological polar surface area (TPSA) is 95.7 Å². The van der Waals surface area contributed by atoms with E-state index in [2.05, 4.69) is 132 Å². The van der Waals surface area contributed by atoms with Gasteiger partial charge in [0.2, 0.25) is 11.8 Å². The molecular weight excluding hydrogens is 777 g/mol. The van der Waals surface area contributed by atoms with Crippen molar-refractivity contribution in [3.05, 3.63) is 194 Å². The van der Waals surface area contributed by atoms with Crippen LogP contribution in [-0.2, 0) is 0 Å². The van der Waals surface area contributed by atoms with Crippen molar-refractivity contribution in [1.29, 1.82) is 0 Å². The van der Waals surface area contributed by atoms with Gasteiger partial charge in [-0.25, -0.2) is 24.9 Å². The highest BCUT2D eigenvalue weighted by Crippen LogP contribution is 2.37. The second-order valence-electron chi connectivity index (χ2n) is 15.8. The molecule has 0 amide bonds. The van der Waals surface area contributed by atoms with Crippen LogP contribution < -0.4 is 0 Å². The molecular formula is C55H32N6O2. The number of aromatic nitrogens is 6. The van der Waals surface area contributed by atoms with Crippen LogP contribution in [0.1, 0.15) is 0 Å². The zero-order valence-electron chi connectivity index (χ0n) is 33.5. The average Bonchev–Trinajstić information content (AvgIpc) is 4.08. The van der Waals surface area contributed by atoms with Gasteiger partial charge in [-0.3, -0.25) is 0 Å². The Hall–Kier alpha value is -8.75. The predicted octanol–water partition coefficient (Wildman–Crippen LogP) is 13.9. The fraction of sp³-hybridized carbons (Fsp3) is 0. The lowest BCUT2D eigenvalue weighted by Crippen LogP contribution is -2.00. The summed E-state index contributed by atoms with van der Waals surface area (Å²) in [7, 11) is 0. The van der Waals surface area contributed by atoms with E-state index < -0.39 is 0 Å². The van der Waals surface area contributed by atoms with E-state index in [0.29, 0.717) is 29.3 Å². The van der Waals surface area contributed by atoms with Crippen molar-refractivity contribution in [3.8, 4) is 62.8 Å². The van der Waals surface area contributed by atoms with Crippen LogP contribution in [-0.4, -0.2) is 29.5 Å². The summed E-state index contributed by atoms with van der Waals surface area (Å²) < 4.78 is 14.6. The van der Waals surface area contributed by atoms with Gasteiger partial charge in [0.25, 0.3) is 0 Å². The van der Waals surface area contributed by atoms with E-state index in [-0.39, 0.29) is 0 Å². The molecule has 9 aromatic carbocycles. The molecule has 294 valence electrons. The van der Waals surface area contributed by atoms with Gasteiger partial charge in [0, 0.05) is 44.3 Å². The van der Waals surface area contributed by atoms with Crippen LogP contribution in [0.15, 0.2) is 203 Å². The van der Waals surface area contributed by atoms with Crippen LogP contribution in [0.3, 0.4) is 0 Å². The first-order valence-electron chi connectivity index (χ1n) is 20.8. The number of hydrogen-bond donors (Lipinski definition) is 0. The Kier molecular flexibility index (Phi) is 7.74. The minimum Gasteiger partial charge on any atom is -0.436 e. The molecule has 63 heavy (non-hydrogen) atoms. The van der Waals surface area contributed by atoms with E-state index in [1.165, 1.54) is 0 Å². The number of nitrogens with zero attached hydrogens (tertiary/aromatic N) is 6. The number of hydrogen-bond acceptors (Lipinski definition) is 7. The minimum atomic E-state index is 0.566. The monoisotopic (exact) mass is 808 g/mol. The molecule has 4 aromatic heterocycles. The fourth-order valence-electron chi connectivity index (χ4n) is 8.76. The van der Waals surface area contributed by atoms with Crippen molar-refractivity contribution in [2.75, 3.05) is 0 Å². The normalized spacial score (nSPS) is 11.8. The van der Waals surface area contributed by atoms with Gasteiger partial charge in [-0.2, -0.15) is 0 Å². The third-order valence-corrected chi connectivity index (χ3v) is 11.9. The first-order valence-corrected chi connectivity index (χ1v) is 20.8. The lowest BCUT2D eigenvalue weighted by atomic mass is 10.0. The smallest absolute Gasteiger partial charge is 0.227 e. The largest absolute Gasteiger partial charge is 0.436 e. The van der Waals surface area contributed by atoms with Crippen molar-refractivity contribution in [2.45, 2.75) is 0 Å². The molecule has 0 aliphatic rings. The van der Waals surface area contributed by atoms with Crippen molar-refractivity contribution >= 4 is 65.6 Å². The van der Waals surface area contributed by atoms with Gasteiger partial charge in [-0.1, -0.05) is 97.1 Å². The van der Waals surface area contributed by atoms with Crippen LogP contribution >= 0.6 is 0 Å². The number of benzene rings is 9. The summed E-state index contributed by atoms with van der Waals surface area (Å²) in [4.78, 5) is 25.2.